The Morgan fingerprint density at radius 3 is 2.80 bits per heavy atom. The van der Waals surface area contributed by atoms with Crippen LogP contribution in [0.15, 0.2) is 28.7 Å². The number of hydrogen-bond acceptors (Lipinski definition) is 1. The van der Waals surface area contributed by atoms with E-state index in [1.54, 1.807) is 0 Å². The van der Waals surface area contributed by atoms with Gasteiger partial charge in [-0.3, -0.25) is 0 Å². The van der Waals surface area contributed by atoms with Crippen LogP contribution in [0.25, 0.3) is 0 Å². The van der Waals surface area contributed by atoms with E-state index < -0.39 is 0 Å². The summed E-state index contributed by atoms with van der Waals surface area (Å²) in [5, 5.41) is 3.27. The Hall–Kier alpha value is -0.410. The van der Waals surface area contributed by atoms with E-state index in [1.165, 1.54) is 0 Å². The van der Waals surface area contributed by atoms with Crippen molar-refractivity contribution in [1.82, 2.24) is 5.32 Å². The largest absolute Gasteiger partial charge is 0.376 e. The van der Waals surface area contributed by atoms with Gasteiger partial charge >= 0.3 is 0 Å². The number of thiocarbonyl (C=S) groups is 1. The van der Waals surface area contributed by atoms with Gasteiger partial charge in [-0.05, 0) is 24.5 Å². The van der Waals surface area contributed by atoms with Gasteiger partial charge in [0.1, 0.15) is 4.99 Å². The zero-order valence-electron chi connectivity index (χ0n) is 9.09. The highest BCUT2D eigenvalue weighted by atomic mass is 79.9. The Balaban J connectivity index is 2.47. The highest BCUT2D eigenvalue weighted by Gasteiger charge is 2.01. The standard InChI is InChI=1S/C12H16BrNS/c1-9(2)6-7-14-12(15)10-4-3-5-11(13)8-10/h3-5,8-9H,6-7H2,1-2H3,(H,14,15). The minimum atomic E-state index is 0.711. The number of hydrogen-bond donors (Lipinski definition) is 1. The monoisotopic (exact) mass is 285 g/mol. The van der Waals surface area contributed by atoms with E-state index in [2.05, 4.69) is 35.1 Å². The topological polar surface area (TPSA) is 12.0 Å². The van der Waals surface area contributed by atoms with Crippen molar-refractivity contribution in [2.75, 3.05) is 6.54 Å². The second kappa shape index (κ2) is 6.23. The van der Waals surface area contributed by atoms with Gasteiger partial charge in [0.25, 0.3) is 0 Å². The Morgan fingerprint density at radius 1 is 1.47 bits per heavy atom. The van der Waals surface area contributed by atoms with Crippen molar-refractivity contribution in [3.63, 3.8) is 0 Å². The fraction of sp³-hybridized carbons (Fsp3) is 0.417. The third kappa shape index (κ3) is 4.76. The second-order valence-electron chi connectivity index (χ2n) is 3.95. The van der Waals surface area contributed by atoms with Crippen molar-refractivity contribution in [3.05, 3.63) is 34.3 Å². The average Bonchev–Trinajstić information content (AvgIpc) is 2.17. The molecule has 82 valence electrons. The molecule has 0 saturated heterocycles. The molecule has 0 fully saturated rings. The molecular weight excluding hydrogens is 270 g/mol. The molecule has 1 nitrogen and oxygen atoms in total. The molecule has 0 radical (unpaired) electrons. The normalized spacial score (nSPS) is 10.4. The summed E-state index contributed by atoms with van der Waals surface area (Å²) in [7, 11) is 0. The van der Waals surface area contributed by atoms with Gasteiger partial charge < -0.3 is 5.32 Å². The van der Waals surface area contributed by atoms with E-state index in [0.29, 0.717) is 5.92 Å². The van der Waals surface area contributed by atoms with Gasteiger partial charge in [-0.1, -0.05) is 54.1 Å². The summed E-state index contributed by atoms with van der Waals surface area (Å²) >= 11 is 8.73. The molecule has 0 aliphatic carbocycles. The van der Waals surface area contributed by atoms with Gasteiger partial charge in [-0.15, -0.1) is 0 Å². The van der Waals surface area contributed by atoms with Crippen molar-refractivity contribution in [3.8, 4) is 0 Å². The smallest absolute Gasteiger partial charge is 0.106 e. The minimum Gasteiger partial charge on any atom is -0.376 e. The van der Waals surface area contributed by atoms with Crippen LogP contribution in [0.3, 0.4) is 0 Å². The molecule has 0 saturated carbocycles. The van der Waals surface area contributed by atoms with E-state index in [4.69, 9.17) is 12.2 Å². The number of nitrogens with one attached hydrogen (secondary N) is 1. The van der Waals surface area contributed by atoms with E-state index in [0.717, 1.165) is 28.0 Å². The van der Waals surface area contributed by atoms with Crippen LogP contribution in [0.1, 0.15) is 25.8 Å². The maximum Gasteiger partial charge on any atom is 0.106 e. The number of benzene rings is 1. The third-order valence-corrected chi connectivity index (χ3v) is 2.97. The molecule has 0 aliphatic rings. The molecule has 1 aromatic rings. The van der Waals surface area contributed by atoms with Crippen molar-refractivity contribution in [1.29, 1.82) is 0 Å². The molecular formula is C12H16BrNS. The molecule has 0 unspecified atom stereocenters. The first-order valence-electron chi connectivity index (χ1n) is 5.13. The highest BCUT2D eigenvalue weighted by molar-refractivity contribution is 9.10. The lowest BCUT2D eigenvalue weighted by atomic mass is 10.1. The molecule has 1 rings (SSSR count). The first kappa shape index (κ1) is 12.7. The van der Waals surface area contributed by atoms with Crippen LogP contribution in [-0.4, -0.2) is 11.5 Å². The maximum atomic E-state index is 5.30. The molecule has 0 bridgehead atoms. The first-order chi connectivity index (χ1) is 7.09. The van der Waals surface area contributed by atoms with Gasteiger partial charge in [-0.2, -0.15) is 0 Å². The number of rotatable bonds is 4. The van der Waals surface area contributed by atoms with Crippen molar-refractivity contribution in [2.24, 2.45) is 5.92 Å². The van der Waals surface area contributed by atoms with Gasteiger partial charge in [0.2, 0.25) is 0 Å². The molecule has 0 aromatic heterocycles. The molecule has 0 atom stereocenters. The van der Waals surface area contributed by atoms with E-state index >= 15 is 0 Å². The SMILES string of the molecule is CC(C)CCNC(=S)c1cccc(Br)c1. The molecule has 1 aromatic carbocycles. The molecule has 0 spiro atoms. The van der Waals surface area contributed by atoms with E-state index in [1.807, 2.05) is 24.3 Å². The van der Waals surface area contributed by atoms with Crippen LogP contribution in [0, 0.1) is 5.92 Å². The zero-order chi connectivity index (χ0) is 11.3. The minimum absolute atomic E-state index is 0.711. The first-order valence-corrected chi connectivity index (χ1v) is 6.33. The summed E-state index contributed by atoms with van der Waals surface area (Å²) in [4.78, 5) is 0.831. The van der Waals surface area contributed by atoms with Crippen LogP contribution >= 0.6 is 28.1 Å². The van der Waals surface area contributed by atoms with Gasteiger partial charge in [-0.25, -0.2) is 0 Å². The van der Waals surface area contributed by atoms with E-state index in [9.17, 15) is 0 Å². The van der Waals surface area contributed by atoms with Crippen LogP contribution in [0.4, 0.5) is 0 Å². The molecule has 0 heterocycles. The Morgan fingerprint density at radius 2 is 2.20 bits per heavy atom. The molecule has 0 aliphatic heterocycles. The molecule has 15 heavy (non-hydrogen) atoms. The van der Waals surface area contributed by atoms with Crippen molar-refractivity contribution in [2.45, 2.75) is 20.3 Å². The molecule has 3 heteroatoms. The van der Waals surface area contributed by atoms with Crippen LogP contribution in [0.5, 0.6) is 0 Å². The van der Waals surface area contributed by atoms with Crippen LogP contribution in [-0.2, 0) is 0 Å². The fourth-order valence-electron chi connectivity index (χ4n) is 1.21. The Kier molecular flexibility index (Phi) is 5.26. The van der Waals surface area contributed by atoms with Crippen LogP contribution in [0.2, 0.25) is 0 Å². The number of halogens is 1. The van der Waals surface area contributed by atoms with Gasteiger partial charge in [0.05, 0.1) is 0 Å². The summed E-state index contributed by atoms with van der Waals surface area (Å²) in [6, 6.07) is 8.05. The fourth-order valence-corrected chi connectivity index (χ4v) is 1.83. The summed E-state index contributed by atoms with van der Waals surface area (Å²) in [6.07, 6.45) is 1.15. The Bertz CT molecular complexity index is 336. The summed E-state index contributed by atoms with van der Waals surface area (Å²) in [5.74, 6) is 0.711. The zero-order valence-corrected chi connectivity index (χ0v) is 11.5. The predicted molar refractivity (Wildman–Crippen MR) is 73.3 cm³/mol. The third-order valence-electron chi connectivity index (χ3n) is 2.09. The van der Waals surface area contributed by atoms with Gasteiger partial charge in [0.15, 0.2) is 0 Å². The predicted octanol–water partition coefficient (Wildman–Crippen LogP) is 3.76. The van der Waals surface area contributed by atoms with Crippen molar-refractivity contribution < 1.29 is 0 Å². The van der Waals surface area contributed by atoms with E-state index in [-0.39, 0.29) is 0 Å². The molecule has 1 N–H and O–H groups in total. The lowest BCUT2D eigenvalue weighted by Crippen LogP contribution is -2.24. The van der Waals surface area contributed by atoms with Gasteiger partial charge in [0, 0.05) is 16.6 Å². The summed E-state index contributed by atoms with van der Waals surface area (Å²) in [5.41, 5.74) is 1.07. The lowest BCUT2D eigenvalue weighted by Gasteiger charge is -2.09. The summed E-state index contributed by atoms with van der Waals surface area (Å²) in [6.45, 7) is 5.37. The molecule has 0 amide bonds. The second-order valence-corrected chi connectivity index (χ2v) is 5.27. The Labute approximate surface area is 105 Å². The van der Waals surface area contributed by atoms with Crippen molar-refractivity contribution >= 4 is 33.1 Å². The quantitative estimate of drug-likeness (QED) is 0.846. The van der Waals surface area contributed by atoms with Crippen LogP contribution < -0.4 is 5.32 Å². The highest BCUT2D eigenvalue weighted by Crippen LogP contribution is 2.11. The lowest BCUT2D eigenvalue weighted by molar-refractivity contribution is 0.579. The maximum absolute atomic E-state index is 5.30. The average molecular weight is 286 g/mol. The summed E-state index contributed by atoms with van der Waals surface area (Å²) < 4.78 is 1.06.